The van der Waals surface area contributed by atoms with Gasteiger partial charge in [0.05, 0.1) is 0 Å². The minimum absolute atomic E-state index is 0.187. The third-order valence-electron chi connectivity index (χ3n) is 21.7. The number of amides is 12. The lowest BCUT2D eigenvalue weighted by Gasteiger charge is -2.26. The first-order valence-corrected chi connectivity index (χ1v) is 51.3. The van der Waals surface area contributed by atoms with Gasteiger partial charge < -0.3 is 41.7 Å². The van der Waals surface area contributed by atoms with Gasteiger partial charge in [0.15, 0.2) is 0 Å². The van der Waals surface area contributed by atoms with E-state index in [-0.39, 0.29) is 49.2 Å². The molecule has 0 radical (unpaired) electrons. The van der Waals surface area contributed by atoms with Crippen molar-refractivity contribution in [3.63, 3.8) is 0 Å². The SMILES string of the molecule is CCCCN(C(=O)N[C@@H](CSCC(C)C)C(=O)O)C(=O)c1cccc(C#Cc2ccccc2)c1.CCCN(C(=O)N[C@@H](CSCC1CC1)C(=O)O)C(=O)c1cccc(C#Cc2ccccc2)c1.CCCN(C(=O)N[C@@H](CSCC1CCC1)C(=O)O)C(=O)c1cccc(C#Cc2ccccc2)c1.CCCN(C(=O)N[C@@H](CSCC1CCCCC1)C(=O)O)C(=O)c1cccc(C#Cc2ccccc2)c1. The van der Waals surface area contributed by atoms with Crippen molar-refractivity contribution in [3.05, 3.63) is 285 Å². The Bertz CT molecular complexity index is 5580. The van der Waals surface area contributed by atoms with Crippen LogP contribution in [0.4, 0.5) is 19.2 Å². The van der Waals surface area contributed by atoms with Crippen molar-refractivity contribution >= 4 is 119 Å². The van der Waals surface area contributed by atoms with Gasteiger partial charge in [0.2, 0.25) is 0 Å². The highest BCUT2D eigenvalue weighted by Crippen LogP contribution is 2.33. The molecule has 3 aliphatic rings. The molecule has 24 nitrogen and oxygen atoms in total. The summed E-state index contributed by atoms with van der Waals surface area (Å²) in [5.41, 5.74) is 7.38. The van der Waals surface area contributed by atoms with Crippen molar-refractivity contribution in [2.75, 3.05) is 72.2 Å². The molecule has 28 heteroatoms. The molecule has 0 saturated heterocycles. The minimum atomic E-state index is -1.12. The van der Waals surface area contributed by atoms with Crippen molar-refractivity contribution in [2.24, 2.45) is 23.7 Å². The Morgan fingerprint density at radius 3 is 0.766 bits per heavy atom. The van der Waals surface area contributed by atoms with E-state index < -0.39 is 95.8 Å². The lowest BCUT2D eigenvalue weighted by molar-refractivity contribution is -0.139. The van der Waals surface area contributed by atoms with E-state index in [9.17, 15) is 78.0 Å². The van der Waals surface area contributed by atoms with Gasteiger partial charge in [-0.15, -0.1) is 0 Å². The van der Waals surface area contributed by atoms with Gasteiger partial charge in [-0.2, -0.15) is 47.0 Å². The molecule has 8 aromatic rings. The molecule has 3 aliphatic carbocycles. The van der Waals surface area contributed by atoms with Crippen LogP contribution in [-0.2, 0) is 19.2 Å². The largest absolute Gasteiger partial charge is 0.480 e. The molecular weight excluding hydrogens is 1810 g/mol. The summed E-state index contributed by atoms with van der Waals surface area (Å²) in [4.78, 5) is 156. The number of thioether (sulfide) groups is 4. The molecule has 4 atom stereocenters. The van der Waals surface area contributed by atoms with Crippen LogP contribution in [0, 0.1) is 71.0 Å². The molecule has 0 bridgehead atoms. The molecule has 137 heavy (non-hydrogen) atoms. The van der Waals surface area contributed by atoms with Crippen molar-refractivity contribution in [1.29, 1.82) is 0 Å². The van der Waals surface area contributed by atoms with E-state index in [1.54, 1.807) is 109 Å². The first-order chi connectivity index (χ1) is 66.2. The fourth-order valence-electron chi connectivity index (χ4n) is 13.8. The van der Waals surface area contributed by atoms with Crippen molar-refractivity contribution < 1.29 is 78.0 Å². The Hall–Kier alpha value is -13.0. The highest BCUT2D eigenvalue weighted by Gasteiger charge is 2.34. The van der Waals surface area contributed by atoms with Crippen molar-refractivity contribution in [1.82, 2.24) is 40.9 Å². The number of urea groups is 4. The molecule has 3 saturated carbocycles. The van der Waals surface area contributed by atoms with E-state index in [0.29, 0.717) is 93.9 Å². The van der Waals surface area contributed by atoms with E-state index >= 15 is 0 Å². The zero-order valence-corrected chi connectivity index (χ0v) is 81.9. The lowest BCUT2D eigenvalue weighted by atomic mass is 9.87. The highest BCUT2D eigenvalue weighted by atomic mass is 32.2. The summed E-state index contributed by atoms with van der Waals surface area (Å²) >= 11 is 6.09. The molecule has 8 N–H and O–H groups in total. The first-order valence-electron chi connectivity index (χ1n) is 46.6. The normalized spacial score (nSPS) is 13.2. The summed E-state index contributed by atoms with van der Waals surface area (Å²) in [7, 11) is 0. The molecule has 720 valence electrons. The maximum absolute atomic E-state index is 13.2. The van der Waals surface area contributed by atoms with Crippen LogP contribution in [0.25, 0.3) is 0 Å². The van der Waals surface area contributed by atoms with Crippen molar-refractivity contribution in [3.8, 4) is 47.4 Å². The average Bonchev–Trinajstić information content (AvgIpc) is 1.82. The van der Waals surface area contributed by atoms with E-state index in [2.05, 4.69) is 68.6 Å². The van der Waals surface area contributed by atoms with Gasteiger partial charge in [-0.25, -0.2) is 38.4 Å². The van der Waals surface area contributed by atoms with E-state index in [1.807, 2.05) is 163 Å². The highest BCUT2D eigenvalue weighted by molar-refractivity contribution is 8.00. The molecule has 0 heterocycles. The number of nitrogens with zero attached hydrogens (tertiary/aromatic N) is 4. The van der Waals surface area contributed by atoms with Gasteiger partial charge in [0, 0.05) is 116 Å². The second-order valence-corrected chi connectivity index (χ2v) is 37.9. The van der Waals surface area contributed by atoms with Crippen LogP contribution in [0.2, 0.25) is 0 Å². The third kappa shape index (κ3) is 39.7. The Kier molecular flexibility index (Phi) is 48.3. The van der Waals surface area contributed by atoms with Gasteiger partial charge in [-0.3, -0.25) is 38.8 Å². The number of benzene rings is 8. The van der Waals surface area contributed by atoms with Crippen LogP contribution in [0.3, 0.4) is 0 Å². The molecule has 8 aromatic carbocycles. The number of rotatable bonds is 37. The number of unbranched alkanes of at least 4 members (excludes halogenated alkanes) is 1. The zero-order chi connectivity index (χ0) is 98.6. The standard InChI is InChI=1S/C29H34N2O4S.C27H30N2O4S.C27H32N2O4S.C26H28N2O4S/c1-2-18-31(29(35)30-26(28(33)34)21-36-20-24-12-7-4-8-13-24)27(32)25-15-9-14-23(19-25)17-16-22-10-5-3-6-11-22;1-2-16-29(27(33)28-24(26(31)32)19-34-18-22-11-6-12-22)25(30)23-13-7-10-21(17-23)15-14-20-8-4-3-5-9-20;1-4-5-16-29(27(33)28-24(26(31)32)19-34-18-20(2)3)25(30)23-13-9-12-22(17-23)15-14-21-10-7-6-8-11-21;1-2-15-28(26(32)27-23(25(30)31)18-33-17-21-13-14-21)24(29)22-10-6-9-20(16-22)12-11-19-7-4-3-5-8-19/h3,5-6,9-11,14-15,19,24,26H,2,4,7-8,12-13,18,20-21H2,1H3,(H,30,35)(H,33,34);3-5,7-10,13,17,22,24H,2,6,11-12,16,18-19H2,1H3,(H,28,33)(H,31,32);6-13,17,20,24H,4-5,16,18-19H2,1-3H3,(H,28,33)(H,31,32);3-10,16,21,23H,2,13-15,17-18H2,1H3,(H,27,32)(H,30,31)/t26-;2*24-;23-/m0000/s1. The Morgan fingerprint density at radius 2 is 0.533 bits per heavy atom. The number of carboxylic acids is 4. The van der Waals surface area contributed by atoms with Crippen LogP contribution >= 0.6 is 47.0 Å². The molecule has 0 aromatic heterocycles. The quantitative estimate of drug-likeness (QED) is 0.0168. The fourth-order valence-corrected chi connectivity index (χ4v) is 18.6. The number of nitrogens with one attached hydrogen (secondary N) is 4. The van der Waals surface area contributed by atoms with Crippen LogP contribution in [0.1, 0.15) is 224 Å². The van der Waals surface area contributed by atoms with E-state index in [0.717, 1.165) is 71.3 Å². The molecule has 11 rings (SSSR count). The molecule has 0 unspecified atom stereocenters. The second kappa shape index (κ2) is 60.5. The summed E-state index contributed by atoms with van der Waals surface area (Å²) < 4.78 is 0. The predicted molar refractivity (Wildman–Crippen MR) is 546 cm³/mol. The Balaban J connectivity index is 0.000000224. The number of hydrogen-bond donors (Lipinski definition) is 8. The third-order valence-corrected chi connectivity index (χ3v) is 27.0. The van der Waals surface area contributed by atoms with Gasteiger partial charge in [-0.05, 0) is 232 Å². The average molecular weight is 1930 g/mol. The molecule has 0 spiro atoms. The van der Waals surface area contributed by atoms with Gasteiger partial charge in [0.1, 0.15) is 24.2 Å². The number of carboxylic acid groups (broad SMARTS) is 4. The van der Waals surface area contributed by atoms with E-state index in [4.69, 9.17) is 0 Å². The zero-order valence-electron chi connectivity index (χ0n) is 78.6. The number of imide groups is 4. The Morgan fingerprint density at radius 1 is 0.292 bits per heavy atom. The summed E-state index contributed by atoms with van der Waals surface area (Å²) in [6, 6.07) is 58.4. The number of carbonyl (C=O) groups is 12. The lowest BCUT2D eigenvalue weighted by Crippen LogP contribution is -2.51. The predicted octanol–water partition coefficient (Wildman–Crippen LogP) is 19.2. The molecular formula is C109H124N8O16S4. The number of aliphatic carboxylic acids is 4. The number of carbonyl (C=O) groups excluding carboxylic acids is 8. The van der Waals surface area contributed by atoms with Gasteiger partial charge >= 0.3 is 48.0 Å². The molecule has 12 amide bonds. The molecule has 3 fully saturated rings. The van der Waals surface area contributed by atoms with Crippen LogP contribution in [0.15, 0.2) is 218 Å². The Labute approximate surface area is 822 Å². The smallest absolute Gasteiger partial charge is 0.327 e. The van der Waals surface area contributed by atoms with Gasteiger partial charge in [0.25, 0.3) is 23.6 Å². The van der Waals surface area contributed by atoms with E-state index in [1.165, 1.54) is 99.5 Å². The van der Waals surface area contributed by atoms with Crippen LogP contribution in [-0.4, -0.2) is 208 Å². The monoisotopic (exact) mass is 1930 g/mol. The maximum Gasteiger partial charge on any atom is 0.327 e. The summed E-state index contributed by atoms with van der Waals surface area (Å²) in [5.74, 6) is 25.0. The second-order valence-electron chi connectivity index (χ2n) is 33.6. The first kappa shape index (κ1) is 109. The number of hydrogen-bond acceptors (Lipinski definition) is 16. The van der Waals surface area contributed by atoms with Crippen molar-refractivity contribution in [2.45, 2.75) is 162 Å². The molecule has 0 aliphatic heterocycles. The summed E-state index contributed by atoms with van der Waals surface area (Å²) in [6.45, 7) is 12.4. The fraction of sp³-hybridized carbons (Fsp3) is 0.376. The summed E-state index contributed by atoms with van der Waals surface area (Å²) in [6.07, 6.45) is 15.2. The topological polar surface area (TPSA) is 347 Å². The van der Waals surface area contributed by atoms with Crippen LogP contribution < -0.4 is 21.3 Å². The van der Waals surface area contributed by atoms with Crippen LogP contribution in [0.5, 0.6) is 0 Å². The summed E-state index contributed by atoms with van der Waals surface area (Å²) in [5, 5.41) is 48.5. The minimum Gasteiger partial charge on any atom is -0.480 e. The maximum atomic E-state index is 13.2. The van der Waals surface area contributed by atoms with Gasteiger partial charge in [-0.1, -0.05) is 218 Å².